The van der Waals surface area contributed by atoms with E-state index in [1.165, 1.54) is 0 Å². The molecule has 0 radical (unpaired) electrons. The molecule has 0 aliphatic rings. The van der Waals surface area contributed by atoms with Crippen molar-refractivity contribution in [3.8, 4) is 39.1 Å². The molecule has 196 valence electrons. The first-order valence-electron chi connectivity index (χ1n) is 12.4. The highest BCUT2D eigenvalue weighted by atomic mass is 16.5. The third kappa shape index (κ3) is 4.73. The van der Waals surface area contributed by atoms with Crippen LogP contribution in [0.5, 0.6) is 5.75 Å². The summed E-state index contributed by atoms with van der Waals surface area (Å²) in [5.41, 5.74) is 9.77. The molecule has 3 aromatic carbocycles. The molecule has 0 bridgehead atoms. The molecule has 2 aromatic heterocycles. The summed E-state index contributed by atoms with van der Waals surface area (Å²) in [6.45, 7) is 2.16. The van der Waals surface area contributed by atoms with Crippen LogP contribution in [0, 0.1) is 0 Å². The number of rotatable bonds is 7. The zero-order valence-electron chi connectivity index (χ0n) is 21.5. The van der Waals surface area contributed by atoms with Gasteiger partial charge >= 0.3 is 5.97 Å². The van der Waals surface area contributed by atoms with Crippen LogP contribution in [0.2, 0.25) is 0 Å². The zero-order valence-corrected chi connectivity index (χ0v) is 21.5. The second kappa shape index (κ2) is 10.8. The molecule has 0 aliphatic heterocycles. The Morgan fingerprint density at radius 3 is 2.41 bits per heavy atom. The van der Waals surface area contributed by atoms with Gasteiger partial charge in [-0.25, -0.2) is 9.78 Å². The van der Waals surface area contributed by atoms with Crippen molar-refractivity contribution in [3.63, 3.8) is 0 Å². The van der Waals surface area contributed by atoms with Gasteiger partial charge in [0.1, 0.15) is 11.3 Å². The number of nitrogens with zero attached hydrogens (tertiary/aromatic N) is 2. The quantitative estimate of drug-likeness (QED) is 0.221. The summed E-state index contributed by atoms with van der Waals surface area (Å²) in [5.74, 6) is -0.200. The monoisotopic (exact) mass is 521 g/mol. The number of methoxy groups -OCH3 is 1. The highest BCUT2D eigenvalue weighted by Crippen LogP contribution is 2.36. The van der Waals surface area contributed by atoms with E-state index in [1.807, 2.05) is 72.8 Å². The van der Waals surface area contributed by atoms with Gasteiger partial charge in [-0.05, 0) is 47.4 Å². The average molecular weight is 522 g/mol. The fourth-order valence-electron chi connectivity index (χ4n) is 4.66. The van der Waals surface area contributed by atoms with Crippen LogP contribution < -0.4 is 16.0 Å². The van der Waals surface area contributed by atoms with E-state index in [1.54, 1.807) is 26.3 Å². The first-order chi connectivity index (χ1) is 19.0. The van der Waals surface area contributed by atoms with Gasteiger partial charge in [-0.15, -0.1) is 4.73 Å². The molecule has 0 atom stereocenters. The number of nitrogens with two attached hydrogens (primary N) is 1. The van der Waals surface area contributed by atoms with Gasteiger partial charge in [0.25, 0.3) is 5.56 Å². The SMILES string of the molecule is CCOC(=O)c1c(-c2cccc(-c3ccc(CN)cc3)c2)c2cc(-c3ccccc3OC)cnc2n(O)c1=O. The lowest BCUT2D eigenvalue weighted by molar-refractivity contribution is 0.0520. The predicted octanol–water partition coefficient (Wildman–Crippen LogP) is 5.28. The van der Waals surface area contributed by atoms with Crippen LogP contribution in [0.25, 0.3) is 44.4 Å². The number of ether oxygens (including phenoxy) is 2. The number of aromatic nitrogens is 2. The number of esters is 1. The van der Waals surface area contributed by atoms with Crippen molar-refractivity contribution in [2.24, 2.45) is 5.73 Å². The number of para-hydroxylation sites is 1. The van der Waals surface area contributed by atoms with E-state index in [9.17, 15) is 14.8 Å². The zero-order chi connectivity index (χ0) is 27.5. The number of carbonyl (C=O) groups is 1. The second-order valence-corrected chi connectivity index (χ2v) is 8.86. The Labute approximate surface area is 224 Å². The molecule has 3 N–H and O–H groups in total. The standard InChI is InChI=1S/C31H27N3O5/c1-3-39-31(36)28-27(22-8-6-7-21(15-22)20-13-11-19(17-32)12-14-20)25-16-23(18-33-29(25)34(37)30(28)35)24-9-4-5-10-26(24)38-2/h4-16,18,37H,3,17,32H2,1-2H3. The summed E-state index contributed by atoms with van der Waals surface area (Å²) in [4.78, 5) is 30.9. The van der Waals surface area contributed by atoms with E-state index in [4.69, 9.17) is 15.2 Å². The fourth-order valence-corrected chi connectivity index (χ4v) is 4.66. The first-order valence-corrected chi connectivity index (χ1v) is 12.4. The van der Waals surface area contributed by atoms with Crippen molar-refractivity contribution in [1.82, 2.24) is 9.71 Å². The van der Waals surface area contributed by atoms with Crippen LogP contribution in [0.1, 0.15) is 22.8 Å². The maximum absolute atomic E-state index is 13.3. The maximum Gasteiger partial charge on any atom is 0.344 e. The topological polar surface area (TPSA) is 117 Å². The third-order valence-electron chi connectivity index (χ3n) is 6.56. The van der Waals surface area contributed by atoms with Gasteiger partial charge in [0.15, 0.2) is 5.65 Å². The normalized spacial score (nSPS) is 10.9. The lowest BCUT2D eigenvalue weighted by atomic mass is 9.93. The summed E-state index contributed by atoms with van der Waals surface area (Å²) in [7, 11) is 1.58. The van der Waals surface area contributed by atoms with Crippen molar-refractivity contribution in [2.45, 2.75) is 13.5 Å². The molecule has 0 saturated carbocycles. The first kappa shape index (κ1) is 25.7. The number of carbonyl (C=O) groups excluding carboxylic acids is 1. The molecule has 39 heavy (non-hydrogen) atoms. The molecule has 0 saturated heterocycles. The predicted molar refractivity (Wildman–Crippen MR) is 150 cm³/mol. The van der Waals surface area contributed by atoms with Gasteiger partial charge in [0, 0.05) is 34.8 Å². The van der Waals surface area contributed by atoms with Crippen molar-refractivity contribution in [1.29, 1.82) is 0 Å². The molecule has 0 unspecified atom stereocenters. The van der Waals surface area contributed by atoms with Crippen molar-refractivity contribution >= 4 is 17.0 Å². The minimum absolute atomic E-state index is 0.0133. The van der Waals surface area contributed by atoms with Crippen LogP contribution in [0.15, 0.2) is 89.9 Å². The molecular formula is C31H27N3O5. The highest BCUT2D eigenvalue weighted by molar-refractivity contribution is 6.07. The summed E-state index contributed by atoms with van der Waals surface area (Å²) >= 11 is 0. The van der Waals surface area contributed by atoms with E-state index < -0.39 is 11.5 Å². The largest absolute Gasteiger partial charge is 0.496 e. The summed E-state index contributed by atoms with van der Waals surface area (Å²) in [6, 6.07) is 24.6. The van der Waals surface area contributed by atoms with E-state index in [2.05, 4.69) is 4.98 Å². The second-order valence-electron chi connectivity index (χ2n) is 8.86. The molecule has 5 rings (SSSR count). The van der Waals surface area contributed by atoms with Crippen LogP contribution in [-0.2, 0) is 11.3 Å². The summed E-state index contributed by atoms with van der Waals surface area (Å²) in [6.07, 6.45) is 1.55. The Morgan fingerprint density at radius 2 is 1.69 bits per heavy atom. The van der Waals surface area contributed by atoms with Gasteiger partial charge in [0.2, 0.25) is 0 Å². The maximum atomic E-state index is 13.3. The molecule has 0 spiro atoms. The lowest BCUT2D eigenvalue weighted by Crippen LogP contribution is -2.28. The highest BCUT2D eigenvalue weighted by Gasteiger charge is 2.26. The van der Waals surface area contributed by atoms with Gasteiger partial charge < -0.3 is 20.4 Å². The number of fused-ring (bicyclic) bond motifs is 1. The molecular weight excluding hydrogens is 494 g/mol. The van der Waals surface area contributed by atoms with Gasteiger partial charge in [0.05, 0.1) is 13.7 Å². The van der Waals surface area contributed by atoms with Crippen LogP contribution >= 0.6 is 0 Å². The van der Waals surface area contributed by atoms with Gasteiger partial charge in [-0.2, -0.15) is 0 Å². The van der Waals surface area contributed by atoms with Crippen LogP contribution in [0.3, 0.4) is 0 Å². The molecule has 5 aromatic rings. The Balaban J connectivity index is 1.82. The smallest absolute Gasteiger partial charge is 0.344 e. The lowest BCUT2D eigenvalue weighted by Gasteiger charge is -2.16. The Hall–Kier alpha value is -4.95. The minimum Gasteiger partial charge on any atom is -0.496 e. The molecule has 0 aliphatic carbocycles. The Bertz CT molecular complexity index is 1740. The van der Waals surface area contributed by atoms with Gasteiger partial charge in [-0.3, -0.25) is 4.79 Å². The third-order valence-corrected chi connectivity index (χ3v) is 6.56. The van der Waals surface area contributed by atoms with Crippen molar-refractivity contribution in [3.05, 3.63) is 107 Å². The number of pyridine rings is 2. The summed E-state index contributed by atoms with van der Waals surface area (Å²) in [5, 5.41) is 11.2. The van der Waals surface area contributed by atoms with Crippen molar-refractivity contribution < 1.29 is 19.5 Å². The Kier molecular flexibility index (Phi) is 7.12. The molecule has 8 nitrogen and oxygen atoms in total. The van der Waals surface area contributed by atoms with E-state index in [0.717, 1.165) is 22.3 Å². The molecule has 0 amide bonds. The number of hydrogen-bond acceptors (Lipinski definition) is 7. The number of benzene rings is 3. The molecule has 8 heteroatoms. The van der Waals surface area contributed by atoms with Crippen LogP contribution in [-0.4, -0.2) is 34.6 Å². The molecule has 2 heterocycles. The molecule has 0 fully saturated rings. The number of hydrogen-bond donors (Lipinski definition) is 2. The van der Waals surface area contributed by atoms with Crippen LogP contribution in [0.4, 0.5) is 0 Å². The summed E-state index contributed by atoms with van der Waals surface area (Å²) < 4.78 is 11.2. The van der Waals surface area contributed by atoms with E-state index in [0.29, 0.717) is 39.1 Å². The Morgan fingerprint density at radius 1 is 0.949 bits per heavy atom. The van der Waals surface area contributed by atoms with E-state index in [-0.39, 0.29) is 17.8 Å². The van der Waals surface area contributed by atoms with E-state index >= 15 is 0 Å². The minimum atomic E-state index is -0.911. The average Bonchev–Trinajstić information content (AvgIpc) is 2.98. The van der Waals surface area contributed by atoms with Gasteiger partial charge in [-0.1, -0.05) is 60.7 Å². The fraction of sp³-hybridized carbons (Fsp3) is 0.129. The van der Waals surface area contributed by atoms with Crippen molar-refractivity contribution in [2.75, 3.05) is 13.7 Å².